The lowest BCUT2D eigenvalue weighted by Gasteiger charge is -2.37. The van der Waals surface area contributed by atoms with Crippen molar-refractivity contribution in [3.8, 4) is 11.8 Å². The third kappa shape index (κ3) is 5.28. The fraction of sp³-hybridized carbons (Fsp3) is 0.375. The van der Waals surface area contributed by atoms with Crippen LogP contribution in [0.1, 0.15) is 55.2 Å². The fourth-order valence-corrected chi connectivity index (χ4v) is 4.30. The molecule has 0 saturated heterocycles. The largest absolute Gasteiger partial charge is 0.352 e. The molecule has 0 aliphatic heterocycles. The summed E-state index contributed by atoms with van der Waals surface area (Å²) in [7, 11) is 0. The summed E-state index contributed by atoms with van der Waals surface area (Å²) in [6, 6.07) is 5.72. The molecule has 3 rings (SSSR count). The van der Waals surface area contributed by atoms with E-state index in [0.29, 0.717) is 12.0 Å². The normalized spacial score (nSPS) is 18.0. The molecule has 6 nitrogen and oxygen atoms in total. The summed E-state index contributed by atoms with van der Waals surface area (Å²) in [5.74, 6) is 3.71. The van der Waals surface area contributed by atoms with Crippen molar-refractivity contribution in [1.82, 2.24) is 10.3 Å². The number of halogens is 3. The number of alkyl halides is 2. The number of primary amides is 1. The van der Waals surface area contributed by atoms with E-state index < -0.39 is 47.5 Å². The first kappa shape index (κ1) is 24.1. The van der Waals surface area contributed by atoms with E-state index in [9.17, 15) is 18.4 Å². The summed E-state index contributed by atoms with van der Waals surface area (Å²) >= 11 is 0. The zero-order valence-corrected chi connectivity index (χ0v) is 18.5. The summed E-state index contributed by atoms with van der Waals surface area (Å²) in [5.41, 5.74) is 3.93. The van der Waals surface area contributed by atoms with Crippen LogP contribution in [0, 0.1) is 29.0 Å². The predicted octanol–water partition coefficient (Wildman–Crippen LogP) is 4.41. The first-order valence-electron chi connectivity index (χ1n) is 10.3. The Balaban J connectivity index is 1.98. The Kier molecular flexibility index (Phi) is 6.68. The standard InChI is InChI=1S/C24H25F3N4O2/c1-4-5-14-6-9-18(29-13-14)21(32)30-15-7-8-17(25)16(10-15)24(12-20(26)27,31-22(28)33)19-11-23(19,2)3/h6-10,13,19-20H,11-12H2,1-3H3,(H,30,32)(H3,28,31,33). The quantitative estimate of drug-likeness (QED) is 0.536. The van der Waals surface area contributed by atoms with Gasteiger partial charge in [-0.05, 0) is 55.0 Å². The number of pyridine rings is 1. The molecule has 1 saturated carbocycles. The second kappa shape index (κ2) is 9.14. The molecule has 0 bridgehead atoms. The van der Waals surface area contributed by atoms with E-state index in [2.05, 4.69) is 27.5 Å². The molecule has 4 N–H and O–H groups in total. The van der Waals surface area contributed by atoms with E-state index in [4.69, 9.17) is 5.73 Å². The van der Waals surface area contributed by atoms with Crippen LogP contribution in [0.5, 0.6) is 0 Å². The molecule has 2 unspecified atom stereocenters. The van der Waals surface area contributed by atoms with Crippen molar-refractivity contribution in [3.63, 3.8) is 0 Å². The molecule has 1 aliphatic rings. The van der Waals surface area contributed by atoms with Crippen molar-refractivity contribution in [2.45, 2.75) is 45.6 Å². The van der Waals surface area contributed by atoms with Crippen molar-refractivity contribution >= 4 is 17.6 Å². The second-order valence-corrected chi connectivity index (χ2v) is 8.76. The van der Waals surface area contributed by atoms with Crippen LogP contribution in [-0.2, 0) is 5.54 Å². The van der Waals surface area contributed by atoms with Crippen LogP contribution in [0.15, 0.2) is 36.5 Å². The molecule has 9 heteroatoms. The summed E-state index contributed by atoms with van der Waals surface area (Å²) in [6.45, 7) is 5.38. The lowest BCUT2D eigenvalue weighted by molar-refractivity contribution is 0.0779. The summed E-state index contributed by atoms with van der Waals surface area (Å²) < 4.78 is 42.3. The lowest BCUT2D eigenvalue weighted by atomic mass is 9.78. The Morgan fingerprint density at radius 2 is 2.00 bits per heavy atom. The molecular weight excluding hydrogens is 433 g/mol. The topological polar surface area (TPSA) is 97.1 Å². The monoisotopic (exact) mass is 458 g/mol. The van der Waals surface area contributed by atoms with Gasteiger partial charge < -0.3 is 16.4 Å². The molecule has 1 heterocycles. The SMILES string of the molecule is CC#Cc1ccc(C(=O)Nc2ccc(F)c(C(CC(F)F)(NC(N)=O)C3CC3(C)C)c2)nc1. The van der Waals surface area contributed by atoms with Gasteiger partial charge in [0.15, 0.2) is 0 Å². The first-order chi connectivity index (χ1) is 15.5. The van der Waals surface area contributed by atoms with E-state index in [1.165, 1.54) is 24.4 Å². The van der Waals surface area contributed by atoms with Gasteiger partial charge in [0.25, 0.3) is 5.91 Å². The van der Waals surface area contributed by atoms with E-state index in [1.54, 1.807) is 13.0 Å². The number of carbonyl (C=O) groups excluding carboxylic acids is 2. The van der Waals surface area contributed by atoms with E-state index >= 15 is 4.39 Å². The molecule has 1 fully saturated rings. The van der Waals surface area contributed by atoms with Crippen molar-refractivity contribution in [1.29, 1.82) is 0 Å². The third-order valence-electron chi connectivity index (χ3n) is 5.90. The van der Waals surface area contributed by atoms with Crippen LogP contribution < -0.4 is 16.4 Å². The Bertz CT molecular complexity index is 1120. The van der Waals surface area contributed by atoms with Crippen molar-refractivity contribution in [3.05, 3.63) is 59.2 Å². The van der Waals surface area contributed by atoms with Gasteiger partial charge in [-0.15, -0.1) is 5.92 Å². The molecule has 1 aromatic carbocycles. The molecule has 1 aliphatic carbocycles. The number of benzene rings is 1. The van der Waals surface area contributed by atoms with Gasteiger partial charge in [-0.1, -0.05) is 19.8 Å². The van der Waals surface area contributed by atoms with Gasteiger partial charge in [-0.25, -0.2) is 22.9 Å². The number of rotatable bonds is 7. The van der Waals surface area contributed by atoms with E-state index in [1.807, 2.05) is 13.8 Å². The van der Waals surface area contributed by atoms with Crippen molar-refractivity contribution < 1.29 is 22.8 Å². The average molecular weight is 458 g/mol. The van der Waals surface area contributed by atoms with Gasteiger partial charge in [0, 0.05) is 29.4 Å². The molecule has 2 atom stereocenters. The second-order valence-electron chi connectivity index (χ2n) is 8.76. The maximum absolute atomic E-state index is 15.0. The number of nitrogens with zero attached hydrogens (tertiary/aromatic N) is 1. The highest BCUT2D eigenvalue weighted by Gasteiger charge is 2.60. The molecule has 33 heavy (non-hydrogen) atoms. The van der Waals surface area contributed by atoms with Gasteiger partial charge >= 0.3 is 6.03 Å². The average Bonchev–Trinajstić information content (AvgIpc) is 3.38. The molecule has 0 radical (unpaired) electrons. The Morgan fingerprint density at radius 3 is 2.52 bits per heavy atom. The van der Waals surface area contributed by atoms with E-state index in [0.717, 1.165) is 6.07 Å². The smallest absolute Gasteiger partial charge is 0.312 e. The molecule has 2 aromatic rings. The van der Waals surface area contributed by atoms with Crippen LogP contribution in [0.4, 0.5) is 23.7 Å². The van der Waals surface area contributed by atoms with Gasteiger partial charge in [0.05, 0.1) is 5.54 Å². The highest BCUT2D eigenvalue weighted by molar-refractivity contribution is 6.02. The minimum absolute atomic E-state index is 0.0972. The minimum Gasteiger partial charge on any atom is -0.352 e. The zero-order chi connectivity index (χ0) is 24.4. The highest BCUT2D eigenvalue weighted by atomic mass is 19.3. The summed E-state index contributed by atoms with van der Waals surface area (Å²) in [5, 5.41) is 5.01. The number of nitrogens with two attached hydrogens (primary N) is 1. The number of hydrogen-bond acceptors (Lipinski definition) is 3. The predicted molar refractivity (Wildman–Crippen MR) is 118 cm³/mol. The summed E-state index contributed by atoms with van der Waals surface area (Å²) in [4.78, 5) is 28.5. The van der Waals surface area contributed by atoms with Gasteiger partial charge in [0.2, 0.25) is 6.43 Å². The van der Waals surface area contributed by atoms with Crippen molar-refractivity contribution in [2.75, 3.05) is 5.32 Å². The number of hydrogen-bond donors (Lipinski definition) is 3. The van der Waals surface area contributed by atoms with Gasteiger partial charge in [-0.2, -0.15) is 0 Å². The number of nitrogens with one attached hydrogen (secondary N) is 2. The lowest BCUT2D eigenvalue weighted by Crippen LogP contribution is -2.52. The number of anilines is 1. The molecule has 174 valence electrons. The van der Waals surface area contributed by atoms with Crippen LogP contribution in [0.3, 0.4) is 0 Å². The maximum atomic E-state index is 15.0. The highest BCUT2D eigenvalue weighted by Crippen LogP contribution is 2.62. The molecular formula is C24H25F3N4O2. The Hall–Kier alpha value is -3.54. The maximum Gasteiger partial charge on any atom is 0.312 e. The zero-order valence-electron chi connectivity index (χ0n) is 18.5. The fourth-order valence-electron chi connectivity index (χ4n) is 4.30. The van der Waals surface area contributed by atoms with Crippen LogP contribution in [0.25, 0.3) is 0 Å². The number of amides is 3. The first-order valence-corrected chi connectivity index (χ1v) is 10.3. The molecule has 0 spiro atoms. The van der Waals surface area contributed by atoms with Crippen LogP contribution >= 0.6 is 0 Å². The minimum atomic E-state index is -2.83. The Morgan fingerprint density at radius 1 is 1.30 bits per heavy atom. The molecule has 1 aromatic heterocycles. The van der Waals surface area contributed by atoms with Crippen LogP contribution in [0.2, 0.25) is 0 Å². The number of aromatic nitrogens is 1. The number of carbonyl (C=O) groups is 2. The Labute approximate surface area is 190 Å². The van der Waals surface area contributed by atoms with E-state index in [-0.39, 0.29) is 16.9 Å². The third-order valence-corrected chi connectivity index (χ3v) is 5.90. The van der Waals surface area contributed by atoms with Gasteiger partial charge in [0.1, 0.15) is 11.5 Å². The van der Waals surface area contributed by atoms with Gasteiger partial charge in [-0.3, -0.25) is 4.79 Å². The molecule has 3 amide bonds. The van der Waals surface area contributed by atoms with Crippen LogP contribution in [-0.4, -0.2) is 23.3 Å². The number of urea groups is 1. The van der Waals surface area contributed by atoms with Crippen molar-refractivity contribution in [2.24, 2.45) is 17.1 Å². The summed E-state index contributed by atoms with van der Waals surface area (Å²) in [6.07, 6.45) is -1.71.